The quantitative estimate of drug-likeness (QED) is 0.889. The maximum Gasteiger partial charge on any atom is 0.209 e. The summed E-state index contributed by atoms with van der Waals surface area (Å²) in [5, 5.41) is 9.74. The minimum Gasteiger partial charge on any atom is -0.439 e. The van der Waals surface area contributed by atoms with Gasteiger partial charge < -0.3 is 9.52 Å². The Hall–Kier alpha value is -1.36. The Morgan fingerprint density at radius 3 is 2.85 bits per heavy atom. The highest BCUT2D eigenvalue weighted by atomic mass is 35.5. The molecule has 1 aromatic carbocycles. The highest BCUT2D eigenvalue weighted by Crippen LogP contribution is 2.24. The summed E-state index contributed by atoms with van der Waals surface area (Å²) < 4.78 is 5.76. The van der Waals surface area contributed by atoms with Crippen LogP contribution in [-0.2, 0) is 6.54 Å². The molecule has 0 spiro atoms. The van der Waals surface area contributed by atoms with Gasteiger partial charge in [-0.25, -0.2) is 4.98 Å². The number of hydrogen-bond acceptors (Lipinski definition) is 4. The van der Waals surface area contributed by atoms with E-state index in [2.05, 4.69) is 23.7 Å². The number of nitrogens with zero attached hydrogens (tertiary/aromatic N) is 2. The highest BCUT2D eigenvalue weighted by molar-refractivity contribution is 6.30. The number of aromatic nitrogens is 1. The lowest BCUT2D eigenvalue weighted by molar-refractivity contribution is 0.148. The van der Waals surface area contributed by atoms with Gasteiger partial charge in [-0.3, -0.25) is 4.90 Å². The maximum absolute atomic E-state index is 9.07. The zero-order valence-corrected chi connectivity index (χ0v) is 12.5. The lowest BCUT2D eigenvalue weighted by Crippen LogP contribution is -2.32. The van der Waals surface area contributed by atoms with E-state index in [1.54, 1.807) is 6.20 Å². The van der Waals surface area contributed by atoms with Gasteiger partial charge in [0.05, 0.1) is 19.3 Å². The van der Waals surface area contributed by atoms with Crippen LogP contribution in [0.5, 0.6) is 0 Å². The molecule has 0 bridgehead atoms. The van der Waals surface area contributed by atoms with Gasteiger partial charge in [-0.1, -0.05) is 23.7 Å². The summed E-state index contributed by atoms with van der Waals surface area (Å²) in [6.07, 6.45) is 1.71. The first-order valence-electron chi connectivity index (χ1n) is 6.65. The second-order valence-electron chi connectivity index (χ2n) is 4.92. The Balaban J connectivity index is 2.12. The number of rotatable bonds is 6. The molecule has 1 aromatic heterocycles. The molecule has 5 heteroatoms. The molecule has 20 heavy (non-hydrogen) atoms. The summed E-state index contributed by atoms with van der Waals surface area (Å²) >= 11 is 5.97. The molecule has 0 unspecified atom stereocenters. The lowest BCUT2D eigenvalue weighted by atomic mass is 10.2. The van der Waals surface area contributed by atoms with Gasteiger partial charge in [0.2, 0.25) is 5.89 Å². The van der Waals surface area contributed by atoms with Crippen molar-refractivity contribution in [2.75, 3.05) is 13.2 Å². The van der Waals surface area contributed by atoms with Crippen LogP contribution < -0.4 is 0 Å². The molecule has 2 rings (SSSR count). The fourth-order valence-corrected chi connectivity index (χ4v) is 2.17. The van der Waals surface area contributed by atoms with Gasteiger partial charge in [0.1, 0.15) is 0 Å². The van der Waals surface area contributed by atoms with E-state index >= 15 is 0 Å². The topological polar surface area (TPSA) is 49.5 Å². The number of oxazole rings is 1. The zero-order chi connectivity index (χ0) is 14.5. The number of aliphatic hydroxyl groups excluding tert-OH is 1. The van der Waals surface area contributed by atoms with Crippen LogP contribution in [0.15, 0.2) is 34.9 Å². The van der Waals surface area contributed by atoms with E-state index in [1.165, 1.54) is 0 Å². The molecule has 108 valence electrons. The van der Waals surface area contributed by atoms with Crippen LogP contribution in [0.25, 0.3) is 11.3 Å². The van der Waals surface area contributed by atoms with Crippen molar-refractivity contribution in [3.05, 3.63) is 41.4 Å². The molecule has 0 saturated carbocycles. The van der Waals surface area contributed by atoms with Crippen LogP contribution in [0, 0.1) is 0 Å². The Bertz CT molecular complexity index is 554. The lowest BCUT2D eigenvalue weighted by Gasteiger charge is -2.23. The molecule has 1 heterocycles. The Labute approximate surface area is 124 Å². The monoisotopic (exact) mass is 294 g/mol. The van der Waals surface area contributed by atoms with Crippen LogP contribution in [-0.4, -0.2) is 34.2 Å². The van der Waals surface area contributed by atoms with Crippen molar-refractivity contribution < 1.29 is 9.52 Å². The van der Waals surface area contributed by atoms with Gasteiger partial charge in [-0.15, -0.1) is 0 Å². The van der Waals surface area contributed by atoms with Crippen molar-refractivity contribution in [1.29, 1.82) is 0 Å². The third-order valence-electron chi connectivity index (χ3n) is 3.12. The van der Waals surface area contributed by atoms with Gasteiger partial charge >= 0.3 is 0 Å². The molecule has 0 aliphatic heterocycles. The Morgan fingerprint density at radius 2 is 2.20 bits per heavy atom. The molecular formula is C15H19ClN2O2. The van der Waals surface area contributed by atoms with Gasteiger partial charge in [0, 0.05) is 23.2 Å². The normalized spacial score (nSPS) is 11.5. The summed E-state index contributed by atoms with van der Waals surface area (Å²) in [5.41, 5.74) is 0.912. The zero-order valence-electron chi connectivity index (χ0n) is 11.7. The maximum atomic E-state index is 9.07. The predicted octanol–water partition coefficient (Wildman–Crippen LogP) is 3.20. The standard InChI is InChI=1S/C15H19ClN2O2/c1-11(2)18(6-7-19)10-15-17-9-14(20-15)12-4-3-5-13(16)8-12/h3-5,8-9,11,19H,6-7,10H2,1-2H3. The number of aliphatic hydroxyl groups is 1. The Kier molecular flexibility index (Phi) is 5.17. The van der Waals surface area contributed by atoms with Crippen molar-refractivity contribution in [3.8, 4) is 11.3 Å². The second-order valence-corrected chi connectivity index (χ2v) is 5.35. The predicted molar refractivity (Wildman–Crippen MR) is 79.6 cm³/mol. The van der Waals surface area contributed by atoms with Gasteiger partial charge in [-0.2, -0.15) is 0 Å². The van der Waals surface area contributed by atoms with Crippen LogP contribution in [0.1, 0.15) is 19.7 Å². The van der Waals surface area contributed by atoms with Crippen LogP contribution >= 0.6 is 11.6 Å². The Morgan fingerprint density at radius 1 is 1.40 bits per heavy atom. The van der Waals surface area contributed by atoms with E-state index in [4.69, 9.17) is 21.1 Å². The molecule has 0 aliphatic carbocycles. The molecule has 1 N–H and O–H groups in total. The van der Waals surface area contributed by atoms with Crippen LogP contribution in [0.2, 0.25) is 5.02 Å². The first-order valence-corrected chi connectivity index (χ1v) is 7.03. The van der Waals surface area contributed by atoms with Crippen molar-refractivity contribution in [2.45, 2.75) is 26.4 Å². The number of benzene rings is 1. The molecular weight excluding hydrogens is 276 g/mol. The molecule has 0 radical (unpaired) electrons. The third-order valence-corrected chi connectivity index (χ3v) is 3.35. The molecule has 4 nitrogen and oxygen atoms in total. The van der Waals surface area contributed by atoms with Crippen LogP contribution in [0.4, 0.5) is 0 Å². The second kappa shape index (κ2) is 6.88. The van der Waals surface area contributed by atoms with Crippen molar-refractivity contribution in [1.82, 2.24) is 9.88 Å². The van der Waals surface area contributed by atoms with E-state index < -0.39 is 0 Å². The highest BCUT2D eigenvalue weighted by Gasteiger charge is 2.14. The van der Waals surface area contributed by atoms with E-state index in [1.807, 2.05) is 24.3 Å². The van der Waals surface area contributed by atoms with Gasteiger partial charge in [0.15, 0.2) is 5.76 Å². The molecule has 0 atom stereocenters. The van der Waals surface area contributed by atoms with Crippen LogP contribution in [0.3, 0.4) is 0 Å². The van der Waals surface area contributed by atoms with E-state index in [9.17, 15) is 0 Å². The van der Waals surface area contributed by atoms with E-state index in [0.717, 1.165) is 5.56 Å². The smallest absolute Gasteiger partial charge is 0.209 e. The fourth-order valence-electron chi connectivity index (χ4n) is 1.98. The molecule has 0 aliphatic rings. The summed E-state index contributed by atoms with van der Waals surface area (Å²) in [6.45, 7) is 5.47. The summed E-state index contributed by atoms with van der Waals surface area (Å²) in [7, 11) is 0. The fraction of sp³-hybridized carbons (Fsp3) is 0.400. The summed E-state index contributed by atoms with van der Waals surface area (Å²) in [6, 6.07) is 7.81. The SMILES string of the molecule is CC(C)N(CCO)Cc1ncc(-c2cccc(Cl)c2)o1. The van der Waals surface area contributed by atoms with Crippen molar-refractivity contribution >= 4 is 11.6 Å². The minimum atomic E-state index is 0.125. The average molecular weight is 295 g/mol. The minimum absolute atomic E-state index is 0.125. The van der Waals surface area contributed by atoms with E-state index in [-0.39, 0.29) is 6.61 Å². The average Bonchev–Trinajstić information content (AvgIpc) is 2.87. The van der Waals surface area contributed by atoms with Crippen molar-refractivity contribution in [3.63, 3.8) is 0 Å². The number of hydrogen-bond donors (Lipinski definition) is 1. The van der Waals surface area contributed by atoms with Crippen molar-refractivity contribution in [2.24, 2.45) is 0 Å². The van der Waals surface area contributed by atoms with E-state index in [0.29, 0.717) is 35.8 Å². The summed E-state index contributed by atoms with van der Waals surface area (Å²) in [5.74, 6) is 1.34. The molecule has 0 saturated heterocycles. The third kappa shape index (κ3) is 3.82. The number of halogens is 1. The first kappa shape index (κ1) is 15.0. The largest absolute Gasteiger partial charge is 0.439 e. The molecule has 0 amide bonds. The molecule has 2 aromatic rings. The molecule has 0 fully saturated rings. The van der Waals surface area contributed by atoms with Gasteiger partial charge in [-0.05, 0) is 26.0 Å². The summed E-state index contributed by atoms with van der Waals surface area (Å²) in [4.78, 5) is 6.40. The van der Waals surface area contributed by atoms with Gasteiger partial charge in [0.25, 0.3) is 0 Å². The first-order chi connectivity index (χ1) is 9.60.